The Morgan fingerprint density at radius 2 is 2.00 bits per heavy atom. The lowest BCUT2D eigenvalue weighted by atomic mass is 10.2. The maximum atomic E-state index is 11.5. The van der Waals surface area contributed by atoms with Gasteiger partial charge in [0, 0.05) is 12.1 Å². The van der Waals surface area contributed by atoms with Crippen molar-refractivity contribution in [2.75, 3.05) is 18.9 Å². The van der Waals surface area contributed by atoms with Crippen LogP contribution in [0.5, 0.6) is 23.3 Å². The lowest BCUT2D eigenvalue weighted by Crippen LogP contribution is -2.20. The average Bonchev–Trinajstić information content (AvgIpc) is 3.52. The summed E-state index contributed by atoms with van der Waals surface area (Å²) < 4.78 is 31.0. The molecule has 0 radical (unpaired) electrons. The predicted octanol–water partition coefficient (Wildman–Crippen LogP) is 4.95. The van der Waals surface area contributed by atoms with Gasteiger partial charge >= 0.3 is 6.08 Å². The second-order valence-electron chi connectivity index (χ2n) is 7.32. The molecule has 0 fully saturated rings. The summed E-state index contributed by atoms with van der Waals surface area (Å²) in [5.41, 5.74) is 1.63. The van der Waals surface area contributed by atoms with E-state index in [9.17, 15) is 4.79 Å². The Bertz CT molecular complexity index is 1440. The van der Waals surface area contributed by atoms with Gasteiger partial charge < -0.3 is 33.2 Å². The number of rotatable bonds is 10. The van der Waals surface area contributed by atoms with E-state index in [0.717, 1.165) is 17.1 Å². The van der Waals surface area contributed by atoms with Crippen molar-refractivity contribution in [1.82, 2.24) is 15.5 Å². The molecule has 10 nitrogen and oxygen atoms in total. The first kappa shape index (κ1) is 24.8. The predicted molar refractivity (Wildman–Crippen MR) is 134 cm³/mol. The van der Waals surface area contributed by atoms with Crippen molar-refractivity contribution in [2.24, 2.45) is 0 Å². The average molecular weight is 509 g/mol. The Kier molecular flexibility index (Phi) is 7.87. The lowest BCUT2D eigenvalue weighted by molar-refractivity contribution is -0.115. The fraction of sp³-hybridized carbons (Fsp3) is 0.240. The number of carbonyl (C=O) groups is 1. The molecular weight excluding hydrogens is 484 g/mol. The minimum Gasteiger partial charge on any atom is -0.496 e. The van der Waals surface area contributed by atoms with Crippen LogP contribution in [0.4, 0.5) is 5.82 Å². The van der Waals surface area contributed by atoms with Crippen molar-refractivity contribution in [3.8, 4) is 35.2 Å². The second-order valence-corrected chi connectivity index (χ2v) is 8.17. The van der Waals surface area contributed by atoms with Gasteiger partial charge in [-0.25, -0.2) is 0 Å². The first-order chi connectivity index (χ1) is 17.5. The number of hydrogen-bond acceptors (Lipinski definition) is 10. The summed E-state index contributed by atoms with van der Waals surface area (Å²) in [6.45, 7) is 3.81. The highest BCUT2D eigenvalue weighted by molar-refractivity contribution is 8.00. The van der Waals surface area contributed by atoms with Crippen molar-refractivity contribution < 1.29 is 27.9 Å². The van der Waals surface area contributed by atoms with Gasteiger partial charge in [-0.3, -0.25) is 4.79 Å². The van der Waals surface area contributed by atoms with Gasteiger partial charge in [0.25, 0.3) is 5.91 Å². The molecule has 1 amide bonds. The topological polar surface area (TPSA) is 121 Å². The molecular formula is C25H24N4O6S. The molecule has 0 saturated carbocycles. The molecule has 0 bridgehead atoms. The molecule has 0 saturated heterocycles. The number of benzene rings is 2. The third-order valence-corrected chi connectivity index (χ3v) is 5.86. The summed E-state index contributed by atoms with van der Waals surface area (Å²) in [5.74, 6) is 7.02. The molecule has 4 rings (SSSR count). The Morgan fingerprint density at radius 3 is 2.75 bits per heavy atom. The van der Waals surface area contributed by atoms with Gasteiger partial charge in [0.2, 0.25) is 0 Å². The standard InChI is InChI=1S/C25H24N4O6S/c1-5-7-22(30)26-13-17-14-27-25(34-17)33-16-11-19(32-4)23-20(12-16)35-28-24(23)29-36-21-10-15(6-2)8-9-18(21)31-3/h8-12,14H,6,13H2,1-4H3,(H,26,30)(H,28,29). The summed E-state index contributed by atoms with van der Waals surface area (Å²) in [4.78, 5) is 16.5. The molecule has 4 aromatic rings. The van der Waals surface area contributed by atoms with Crippen LogP contribution in [0.25, 0.3) is 11.0 Å². The fourth-order valence-electron chi connectivity index (χ4n) is 3.27. The van der Waals surface area contributed by atoms with E-state index >= 15 is 0 Å². The van der Waals surface area contributed by atoms with Crippen LogP contribution in [0.2, 0.25) is 0 Å². The first-order valence-corrected chi connectivity index (χ1v) is 11.8. The molecule has 36 heavy (non-hydrogen) atoms. The number of anilines is 1. The van der Waals surface area contributed by atoms with Crippen LogP contribution < -0.4 is 24.2 Å². The largest absolute Gasteiger partial charge is 0.496 e. The number of methoxy groups -OCH3 is 2. The summed E-state index contributed by atoms with van der Waals surface area (Å²) in [7, 11) is 3.18. The van der Waals surface area contributed by atoms with Crippen LogP contribution in [-0.2, 0) is 17.8 Å². The normalized spacial score (nSPS) is 10.4. The van der Waals surface area contributed by atoms with E-state index in [-0.39, 0.29) is 12.6 Å². The van der Waals surface area contributed by atoms with Crippen molar-refractivity contribution in [2.45, 2.75) is 31.7 Å². The van der Waals surface area contributed by atoms with E-state index in [1.54, 1.807) is 33.3 Å². The summed E-state index contributed by atoms with van der Waals surface area (Å²) >= 11 is 1.36. The summed E-state index contributed by atoms with van der Waals surface area (Å²) in [5, 5.41) is 7.40. The maximum absolute atomic E-state index is 11.5. The number of nitrogens with zero attached hydrogens (tertiary/aromatic N) is 2. The van der Waals surface area contributed by atoms with Gasteiger partial charge in [-0.1, -0.05) is 24.1 Å². The van der Waals surface area contributed by atoms with E-state index in [1.165, 1.54) is 23.7 Å². The SMILES string of the molecule is CC#CC(=O)NCc1cnc(Oc2cc(OC)c3c(NSc4cc(CC)ccc4OC)noc3c2)o1. The fourth-order valence-corrected chi connectivity index (χ4v) is 4.08. The van der Waals surface area contributed by atoms with Gasteiger partial charge in [0.05, 0.1) is 31.9 Å². The number of aryl methyl sites for hydroxylation is 1. The number of aromatic nitrogens is 2. The molecule has 2 aromatic heterocycles. The highest BCUT2D eigenvalue weighted by Crippen LogP contribution is 2.40. The zero-order chi connectivity index (χ0) is 25.5. The molecule has 11 heteroatoms. The van der Waals surface area contributed by atoms with Crippen LogP contribution in [-0.4, -0.2) is 30.3 Å². The van der Waals surface area contributed by atoms with Crippen LogP contribution in [0, 0.1) is 11.8 Å². The zero-order valence-electron chi connectivity index (χ0n) is 20.1. The monoisotopic (exact) mass is 508 g/mol. The maximum Gasteiger partial charge on any atom is 0.399 e. The van der Waals surface area contributed by atoms with Gasteiger partial charge in [0.15, 0.2) is 11.4 Å². The third kappa shape index (κ3) is 5.67. The molecule has 0 unspecified atom stereocenters. The molecule has 0 aliphatic rings. The Labute approximate surface area is 211 Å². The second kappa shape index (κ2) is 11.4. The Hall–Kier alpha value is -4.30. The van der Waals surface area contributed by atoms with Crippen molar-refractivity contribution >= 4 is 34.6 Å². The molecule has 2 aromatic carbocycles. The van der Waals surface area contributed by atoms with E-state index in [1.807, 2.05) is 12.1 Å². The Morgan fingerprint density at radius 1 is 1.17 bits per heavy atom. The van der Waals surface area contributed by atoms with Gasteiger partial charge in [0.1, 0.15) is 28.4 Å². The summed E-state index contributed by atoms with van der Waals surface area (Å²) in [6.07, 6.45) is 2.37. The minimum absolute atomic E-state index is 0.00134. The van der Waals surface area contributed by atoms with Crippen molar-refractivity contribution in [1.29, 1.82) is 0 Å². The van der Waals surface area contributed by atoms with E-state index < -0.39 is 5.91 Å². The minimum atomic E-state index is -0.407. The van der Waals surface area contributed by atoms with Crippen LogP contribution >= 0.6 is 11.9 Å². The van der Waals surface area contributed by atoms with E-state index in [0.29, 0.717) is 34.0 Å². The molecule has 2 heterocycles. The van der Waals surface area contributed by atoms with Gasteiger partial charge in [-0.2, -0.15) is 4.98 Å². The van der Waals surface area contributed by atoms with Crippen LogP contribution in [0.1, 0.15) is 25.2 Å². The molecule has 0 aliphatic heterocycles. The number of fused-ring (bicyclic) bond motifs is 1. The van der Waals surface area contributed by atoms with Crippen LogP contribution in [0.3, 0.4) is 0 Å². The summed E-state index contributed by atoms with van der Waals surface area (Å²) in [6, 6.07) is 9.37. The number of ether oxygens (including phenoxy) is 3. The van der Waals surface area contributed by atoms with Gasteiger partial charge in [-0.05, 0) is 48.9 Å². The molecule has 0 aliphatic carbocycles. The van der Waals surface area contributed by atoms with Gasteiger partial charge in [-0.15, -0.1) is 0 Å². The highest BCUT2D eigenvalue weighted by Gasteiger charge is 2.18. The molecule has 2 N–H and O–H groups in total. The number of nitrogens with one attached hydrogen (secondary N) is 2. The lowest BCUT2D eigenvalue weighted by Gasteiger charge is -2.10. The van der Waals surface area contributed by atoms with Crippen molar-refractivity contribution in [3.63, 3.8) is 0 Å². The first-order valence-electron chi connectivity index (χ1n) is 10.9. The van der Waals surface area contributed by atoms with Crippen LogP contribution in [0.15, 0.2) is 50.4 Å². The van der Waals surface area contributed by atoms with Crippen molar-refractivity contribution in [3.05, 3.63) is 47.9 Å². The quantitative estimate of drug-likeness (QED) is 0.225. The van der Waals surface area contributed by atoms with E-state index in [4.69, 9.17) is 23.2 Å². The third-order valence-electron chi connectivity index (χ3n) is 5.02. The number of hydrogen-bond donors (Lipinski definition) is 2. The molecule has 0 atom stereocenters. The molecule has 186 valence electrons. The number of carbonyl (C=O) groups excluding carboxylic acids is 1. The smallest absolute Gasteiger partial charge is 0.399 e. The Balaban J connectivity index is 1.50. The number of amides is 1. The molecule has 0 spiro atoms. The highest BCUT2D eigenvalue weighted by atomic mass is 32.2. The van der Waals surface area contributed by atoms with E-state index in [2.05, 4.69) is 45.0 Å². The number of oxazole rings is 1. The zero-order valence-corrected chi connectivity index (χ0v) is 20.9.